The van der Waals surface area contributed by atoms with E-state index in [9.17, 15) is 10.5 Å². The highest BCUT2D eigenvalue weighted by Gasteiger charge is 2.25. The topological polar surface area (TPSA) is 134 Å². The summed E-state index contributed by atoms with van der Waals surface area (Å²) in [5.41, 5.74) is 9.09. The number of rotatable bonds is 6. The van der Waals surface area contributed by atoms with E-state index in [-0.39, 0.29) is 11.4 Å². The molecule has 0 saturated carbocycles. The Labute approximate surface area is 173 Å². The quantitative estimate of drug-likeness (QED) is 0.488. The zero-order chi connectivity index (χ0) is 21.3. The average molecular weight is 400 g/mol. The van der Waals surface area contributed by atoms with Crippen molar-refractivity contribution in [3.8, 4) is 23.6 Å². The zero-order valence-electron chi connectivity index (χ0n) is 16.8. The number of para-hydroxylation sites is 2. The van der Waals surface area contributed by atoms with Gasteiger partial charge in [-0.1, -0.05) is 12.1 Å². The first-order valence-electron chi connectivity index (χ1n) is 9.54. The molecule has 3 aromatic heterocycles. The zero-order valence-corrected chi connectivity index (χ0v) is 16.8. The van der Waals surface area contributed by atoms with Crippen molar-refractivity contribution in [1.29, 1.82) is 10.5 Å². The first-order chi connectivity index (χ1) is 14.5. The van der Waals surface area contributed by atoms with Crippen molar-refractivity contribution in [2.75, 3.05) is 26.4 Å². The fourth-order valence-electron chi connectivity index (χ4n) is 3.42. The minimum atomic E-state index is -0.0490. The van der Waals surface area contributed by atoms with Gasteiger partial charge >= 0.3 is 0 Å². The number of hydrogen-bond donors (Lipinski definition) is 1. The van der Waals surface area contributed by atoms with Gasteiger partial charge in [0.05, 0.1) is 0 Å². The maximum absolute atomic E-state index is 9.40. The Hall–Kier alpha value is -3.95. The van der Waals surface area contributed by atoms with Crippen LogP contribution in [0.1, 0.15) is 24.2 Å². The van der Waals surface area contributed by atoms with Crippen molar-refractivity contribution in [3.63, 3.8) is 0 Å². The average Bonchev–Trinajstić information content (AvgIpc) is 3.27. The second-order valence-corrected chi connectivity index (χ2v) is 7.23. The lowest BCUT2D eigenvalue weighted by atomic mass is 10.2. The minimum absolute atomic E-state index is 0.0267. The fraction of sp³-hybridized carbons (Fsp3) is 0.286. The molecule has 0 unspecified atom stereocenters. The lowest BCUT2D eigenvalue weighted by Crippen LogP contribution is -2.14. The van der Waals surface area contributed by atoms with Gasteiger partial charge in [-0.25, -0.2) is 15.0 Å². The summed E-state index contributed by atoms with van der Waals surface area (Å²) in [4.78, 5) is 15.5. The monoisotopic (exact) mass is 400 g/mol. The van der Waals surface area contributed by atoms with E-state index in [1.165, 1.54) is 0 Å². The summed E-state index contributed by atoms with van der Waals surface area (Å²) in [6, 6.07) is 11.3. The normalized spacial score (nSPS) is 11.2. The number of nitrogens with zero attached hydrogens (tertiary/aromatic N) is 7. The molecule has 0 radical (unpaired) electrons. The maximum atomic E-state index is 9.40. The summed E-state index contributed by atoms with van der Waals surface area (Å²) in [6.07, 6.45) is 1.84. The Morgan fingerprint density at radius 1 is 1.07 bits per heavy atom. The molecule has 0 fully saturated rings. The third-order valence-corrected chi connectivity index (χ3v) is 4.87. The van der Waals surface area contributed by atoms with E-state index in [4.69, 9.17) is 10.2 Å². The van der Waals surface area contributed by atoms with Gasteiger partial charge in [-0.15, -0.1) is 0 Å². The van der Waals surface area contributed by atoms with Crippen LogP contribution >= 0.6 is 0 Å². The third-order valence-electron chi connectivity index (χ3n) is 4.87. The number of aromatic nitrogens is 4. The molecule has 30 heavy (non-hydrogen) atoms. The standard InChI is InChI=1S/C21H20N8O/c1-28(2)9-5-6-10-29-19(24)17(21-27-13-7-3-4-8-16(13)30-21)18-20(29)26-15(12-23)14(11-22)25-18/h3-4,7-8H,5-6,9-10,24H2,1-2H3. The van der Waals surface area contributed by atoms with Crippen LogP contribution in [-0.2, 0) is 6.54 Å². The molecule has 0 bridgehead atoms. The summed E-state index contributed by atoms with van der Waals surface area (Å²) in [5, 5.41) is 18.8. The van der Waals surface area contributed by atoms with Crippen molar-refractivity contribution in [2.24, 2.45) is 0 Å². The fourth-order valence-corrected chi connectivity index (χ4v) is 3.42. The van der Waals surface area contributed by atoms with Crippen LogP contribution in [-0.4, -0.2) is 45.1 Å². The molecule has 2 N–H and O–H groups in total. The minimum Gasteiger partial charge on any atom is -0.436 e. The molecule has 0 atom stereocenters. The Bertz CT molecular complexity index is 1290. The van der Waals surface area contributed by atoms with E-state index >= 15 is 0 Å². The Balaban J connectivity index is 1.89. The van der Waals surface area contributed by atoms with E-state index in [1.807, 2.05) is 55.1 Å². The van der Waals surface area contributed by atoms with Crippen LogP contribution in [0, 0.1) is 22.7 Å². The molecule has 150 valence electrons. The number of oxazole rings is 1. The second kappa shape index (κ2) is 7.82. The molecular formula is C21H20N8O. The van der Waals surface area contributed by atoms with Crippen LogP contribution in [0.3, 0.4) is 0 Å². The van der Waals surface area contributed by atoms with Crippen molar-refractivity contribution < 1.29 is 4.42 Å². The molecular weight excluding hydrogens is 380 g/mol. The van der Waals surface area contributed by atoms with E-state index in [0.29, 0.717) is 46.1 Å². The lowest BCUT2D eigenvalue weighted by Gasteiger charge is -2.10. The Morgan fingerprint density at radius 3 is 2.50 bits per heavy atom. The predicted octanol–water partition coefficient (Wildman–Crippen LogP) is 2.91. The molecule has 9 heteroatoms. The summed E-state index contributed by atoms with van der Waals surface area (Å²) >= 11 is 0. The third kappa shape index (κ3) is 3.32. The number of nitrogen functional groups attached to an aromatic ring is 1. The van der Waals surface area contributed by atoms with Gasteiger partial charge in [0.1, 0.15) is 34.6 Å². The molecule has 3 heterocycles. The van der Waals surface area contributed by atoms with Gasteiger partial charge in [-0.2, -0.15) is 10.5 Å². The Kier molecular flexibility index (Phi) is 5.05. The number of nitriles is 2. The molecule has 0 aliphatic carbocycles. The smallest absolute Gasteiger partial charge is 0.233 e. The van der Waals surface area contributed by atoms with Crippen molar-refractivity contribution in [2.45, 2.75) is 19.4 Å². The largest absolute Gasteiger partial charge is 0.436 e. The van der Waals surface area contributed by atoms with Gasteiger partial charge in [0.15, 0.2) is 22.6 Å². The van der Waals surface area contributed by atoms with Crippen LogP contribution < -0.4 is 5.73 Å². The van der Waals surface area contributed by atoms with Crippen LogP contribution in [0.4, 0.5) is 5.82 Å². The predicted molar refractivity (Wildman–Crippen MR) is 112 cm³/mol. The highest BCUT2D eigenvalue weighted by molar-refractivity contribution is 5.97. The summed E-state index contributed by atoms with van der Waals surface area (Å²) < 4.78 is 7.74. The first-order valence-corrected chi connectivity index (χ1v) is 9.54. The number of nitrogens with two attached hydrogens (primary N) is 1. The van der Waals surface area contributed by atoms with Crippen LogP contribution in [0.5, 0.6) is 0 Å². The molecule has 0 aliphatic rings. The second-order valence-electron chi connectivity index (χ2n) is 7.23. The Morgan fingerprint density at radius 2 is 1.80 bits per heavy atom. The van der Waals surface area contributed by atoms with E-state index in [2.05, 4.69) is 19.9 Å². The number of benzene rings is 1. The summed E-state index contributed by atoms with van der Waals surface area (Å²) in [6.45, 7) is 1.55. The number of anilines is 1. The number of aryl methyl sites for hydroxylation is 1. The molecule has 0 spiro atoms. The van der Waals surface area contributed by atoms with E-state index < -0.39 is 0 Å². The lowest BCUT2D eigenvalue weighted by molar-refractivity contribution is 0.388. The SMILES string of the molecule is CN(C)CCCCn1c(N)c(-c2nc3ccccc3o2)c2nc(C#N)c(C#N)nc21. The molecule has 4 aromatic rings. The van der Waals surface area contributed by atoms with Crippen molar-refractivity contribution in [1.82, 2.24) is 24.4 Å². The van der Waals surface area contributed by atoms with E-state index in [0.717, 1.165) is 19.4 Å². The van der Waals surface area contributed by atoms with Gasteiger partial charge in [0.25, 0.3) is 0 Å². The number of hydrogen-bond acceptors (Lipinski definition) is 8. The van der Waals surface area contributed by atoms with Crippen molar-refractivity contribution >= 4 is 28.1 Å². The number of fused-ring (bicyclic) bond motifs is 2. The maximum Gasteiger partial charge on any atom is 0.233 e. The molecule has 0 amide bonds. The molecule has 4 rings (SSSR count). The number of unbranched alkanes of at least 4 members (excludes halogenated alkanes) is 1. The van der Waals surface area contributed by atoms with Gasteiger partial charge in [0, 0.05) is 6.54 Å². The van der Waals surface area contributed by atoms with E-state index in [1.54, 1.807) is 0 Å². The van der Waals surface area contributed by atoms with Gasteiger partial charge in [-0.05, 0) is 45.6 Å². The summed E-state index contributed by atoms with van der Waals surface area (Å²) in [5.74, 6) is 0.717. The molecule has 0 saturated heterocycles. The first kappa shape index (κ1) is 19.4. The van der Waals surface area contributed by atoms with Crippen LogP contribution in [0.25, 0.3) is 33.7 Å². The van der Waals surface area contributed by atoms with Crippen LogP contribution in [0.15, 0.2) is 28.7 Å². The highest BCUT2D eigenvalue weighted by Crippen LogP contribution is 2.36. The highest BCUT2D eigenvalue weighted by atomic mass is 16.3. The van der Waals surface area contributed by atoms with Crippen molar-refractivity contribution in [3.05, 3.63) is 35.7 Å². The van der Waals surface area contributed by atoms with Gasteiger partial charge in [0.2, 0.25) is 5.89 Å². The van der Waals surface area contributed by atoms with Crippen LogP contribution in [0.2, 0.25) is 0 Å². The molecule has 0 aliphatic heterocycles. The van der Waals surface area contributed by atoms with Gasteiger partial charge < -0.3 is 19.6 Å². The molecule has 1 aromatic carbocycles. The summed E-state index contributed by atoms with van der Waals surface area (Å²) in [7, 11) is 4.05. The van der Waals surface area contributed by atoms with Gasteiger partial charge in [-0.3, -0.25) is 0 Å². The molecule has 9 nitrogen and oxygen atoms in total.